The van der Waals surface area contributed by atoms with E-state index in [-0.39, 0.29) is 17.7 Å². The van der Waals surface area contributed by atoms with Crippen molar-refractivity contribution in [2.24, 2.45) is 0 Å². The minimum atomic E-state index is -4.41. The molecule has 230 valence electrons. The molecule has 0 radical (unpaired) electrons. The van der Waals surface area contributed by atoms with Gasteiger partial charge in [-0.3, -0.25) is 18.9 Å². The van der Waals surface area contributed by atoms with Crippen molar-refractivity contribution in [3.8, 4) is 5.75 Å². The van der Waals surface area contributed by atoms with Gasteiger partial charge in [-0.2, -0.15) is 5.09 Å². The second-order valence-corrected chi connectivity index (χ2v) is 12.1. The van der Waals surface area contributed by atoms with Gasteiger partial charge in [-0.05, 0) is 28.1 Å². The normalized spacial score (nSPS) is 20.4. The summed E-state index contributed by atoms with van der Waals surface area (Å²) in [6.07, 6.45) is -0.384. The van der Waals surface area contributed by atoms with Crippen LogP contribution in [0.5, 0.6) is 5.75 Å². The van der Waals surface area contributed by atoms with Crippen molar-refractivity contribution >= 4 is 46.5 Å². The number of hydrogen-bond acceptors (Lipinski definition) is 9. The first-order valence-electron chi connectivity index (χ1n) is 13.5. The van der Waals surface area contributed by atoms with Gasteiger partial charge in [-0.1, -0.05) is 82.7 Å². The molecule has 0 saturated carbocycles. The first-order valence-corrected chi connectivity index (χ1v) is 16.0. The predicted octanol–water partition coefficient (Wildman–Crippen LogP) is 4.41. The molecule has 1 saturated heterocycles. The van der Waals surface area contributed by atoms with Crippen LogP contribution in [0.3, 0.4) is 0 Å². The van der Waals surface area contributed by atoms with Crippen molar-refractivity contribution in [1.29, 1.82) is 0 Å². The van der Waals surface area contributed by atoms with Crippen LogP contribution in [0.2, 0.25) is 0 Å². The van der Waals surface area contributed by atoms with Crippen molar-refractivity contribution in [2.75, 3.05) is 13.7 Å². The molecule has 44 heavy (non-hydrogen) atoms. The third kappa shape index (κ3) is 7.10. The Morgan fingerprint density at radius 1 is 1.16 bits per heavy atom. The molecule has 1 aromatic heterocycles. The molecular weight excluding hydrogens is 657 g/mol. The van der Waals surface area contributed by atoms with Gasteiger partial charge in [0.2, 0.25) is 0 Å². The molecule has 1 aliphatic heterocycles. The fourth-order valence-corrected chi connectivity index (χ4v) is 6.59. The quantitative estimate of drug-likeness (QED) is 0.153. The molecule has 1 fully saturated rings. The fraction of sp³-hybridized carbons (Fsp3) is 0.233. The van der Waals surface area contributed by atoms with E-state index < -0.39 is 56.0 Å². The fourth-order valence-electron chi connectivity index (χ4n) is 4.79. The summed E-state index contributed by atoms with van der Waals surface area (Å²) >= 11 is 3.11. The maximum Gasteiger partial charge on any atom is 0.459 e. The van der Waals surface area contributed by atoms with Crippen LogP contribution in [0, 0.1) is 0 Å². The number of methoxy groups -OCH3 is 1. The zero-order valence-electron chi connectivity index (χ0n) is 23.4. The highest BCUT2D eigenvalue weighted by molar-refractivity contribution is 9.11. The van der Waals surface area contributed by atoms with E-state index >= 15 is 0 Å². The maximum atomic E-state index is 14.4. The molecule has 4 aromatic rings. The molecule has 0 bridgehead atoms. The molecular formula is C30H29BrN3O9P. The third-order valence-electron chi connectivity index (χ3n) is 6.99. The lowest BCUT2D eigenvalue weighted by Gasteiger charge is -2.26. The minimum absolute atomic E-state index is 0.0197. The van der Waals surface area contributed by atoms with E-state index in [2.05, 4.69) is 26.0 Å². The Morgan fingerprint density at radius 2 is 1.89 bits per heavy atom. The zero-order chi connectivity index (χ0) is 31.3. The van der Waals surface area contributed by atoms with Gasteiger partial charge in [0.25, 0.3) is 5.56 Å². The van der Waals surface area contributed by atoms with Crippen LogP contribution in [-0.2, 0) is 23.4 Å². The highest BCUT2D eigenvalue weighted by atomic mass is 79.9. The lowest BCUT2D eigenvalue weighted by atomic mass is 10.1. The lowest BCUT2D eigenvalue weighted by molar-refractivity contribution is -0.143. The zero-order valence-corrected chi connectivity index (χ0v) is 25.8. The van der Waals surface area contributed by atoms with Gasteiger partial charge < -0.3 is 19.1 Å². The average Bonchev–Trinajstić information content (AvgIpc) is 3.40. The molecule has 0 aliphatic carbocycles. The van der Waals surface area contributed by atoms with Crippen molar-refractivity contribution in [3.05, 3.63) is 116 Å². The number of aliphatic hydroxyl groups is 1. The topological polar surface area (TPSA) is 158 Å². The molecule has 12 nitrogen and oxygen atoms in total. The van der Waals surface area contributed by atoms with E-state index in [9.17, 15) is 24.1 Å². The number of aromatic nitrogens is 2. The molecule has 5 atom stereocenters. The summed E-state index contributed by atoms with van der Waals surface area (Å²) in [6, 6.07) is 19.8. The van der Waals surface area contributed by atoms with Crippen LogP contribution in [0.4, 0.5) is 0 Å². The van der Waals surface area contributed by atoms with E-state index in [0.717, 1.165) is 9.95 Å². The molecule has 3 N–H and O–H groups in total. The highest BCUT2D eigenvalue weighted by Crippen LogP contribution is 2.49. The summed E-state index contributed by atoms with van der Waals surface area (Å²) in [5, 5.41) is 15.0. The van der Waals surface area contributed by atoms with Crippen molar-refractivity contribution in [2.45, 2.75) is 30.9 Å². The van der Waals surface area contributed by atoms with Gasteiger partial charge in [-0.25, -0.2) is 14.2 Å². The molecule has 5 rings (SSSR count). The number of rotatable bonds is 11. The summed E-state index contributed by atoms with van der Waals surface area (Å²) in [5.74, 6) is -0.502. The first kappa shape index (κ1) is 31.6. The Balaban J connectivity index is 1.43. The van der Waals surface area contributed by atoms with Crippen molar-refractivity contribution in [1.82, 2.24) is 14.6 Å². The Morgan fingerprint density at radius 3 is 2.64 bits per heavy atom. The van der Waals surface area contributed by atoms with Crippen LogP contribution in [0.1, 0.15) is 29.8 Å². The first-order chi connectivity index (χ1) is 21.2. The lowest BCUT2D eigenvalue weighted by Crippen LogP contribution is -2.34. The van der Waals surface area contributed by atoms with Crippen LogP contribution in [0.25, 0.3) is 16.8 Å². The van der Waals surface area contributed by atoms with Crippen molar-refractivity contribution < 1.29 is 33.0 Å². The maximum absolute atomic E-state index is 14.4. The standard InChI is InChI=1S/C30H29BrN3O9P/c1-40-29(37)27(20-9-3-2-4-10-20)33-44(39,43-24-13-7-11-19-8-5-6-12-22(19)24)41-18-25-23(35)16-26(42-25)34-17-21(14-15-31)28(36)32-30(34)38/h2-15,17,23,25-27,35H,16,18H2,1H3,(H,33,39)(H,32,36,38)/b15-14+/t23-,25+,26+,27-,44?/m0/s1. The van der Waals surface area contributed by atoms with Gasteiger partial charge in [0.05, 0.1) is 25.4 Å². The Kier molecular flexibility index (Phi) is 9.94. The van der Waals surface area contributed by atoms with Gasteiger partial charge in [0.1, 0.15) is 24.1 Å². The van der Waals surface area contributed by atoms with E-state index in [1.165, 1.54) is 24.4 Å². The molecule has 1 aliphatic rings. The Labute approximate surface area is 260 Å². The van der Waals surface area contributed by atoms with Crippen molar-refractivity contribution in [3.63, 3.8) is 0 Å². The second kappa shape index (κ2) is 13.9. The number of nitrogens with one attached hydrogen (secondary N) is 2. The summed E-state index contributed by atoms with van der Waals surface area (Å²) in [5.41, 5.74) is -0.675. The van der Waals surface area contributed by atoms with E-state index in [1.54, 1.807) is 54.6 Å². The summed E-state index contributed by atoms with van der Waals surface area (Å²) in [6.45, 7) is -0.443. The molecule has 14 heteroatoms. The summed E-state index contributed by atoms with van der Waals surface area (Å²) in [4.78, 5) is 41.2. The van der Waals surface area contributed by atoms with E-state index in [1.807, 2.05) is 18.2 Å². The minimum Gasteiger partial charge on any atom is -0.468 e. The van der Waals surface area contributed by atoms with Gasteiger partial charge in [0, 0.05) is 18.0 Å². The number of halogens is 1. The average molecular weight is 686 g/mol. The number of aromatic amines is 1. The Bertz CT molecular complexity index is 1820. The number of carbonyl (C=O) groups excluding carboxylic acids is 1. The number of H-pyrrole nitrogens is 1. The summed E-state index contributed by atoms with van der Waals surface area (Å²) < 4.78 is 38.4. The molecule has 0 spiro atoms. The molecule has 2 heterocycles. The number of ether oxygens (including phenoxy) is 2. The van der Waals surface area contributed by atoms with Gasteiger partial charge >= 0.3 is 19.4 Å². The number of nitrogens with zero attached hydrogens (tertiary/aromatic N) is 1. The largest absolute Gasteiger partial charge is 0.468 e. The number of aliphatic hydroxyl groups excluding tert-OH is 1. The van der Waals surface area contributed by atoms with Crippen LogP contribution in [-0.4, -0.2) is 46.6 Å². The number of esters is 1. The number of carbonyl (C=O) groups is 1. The predicted molar refractivity (Wildman–Crippen MR) is 166 cm³/mol. The number of hydrogen-bond donors (Lipinski definition) is 3. The van der Waals surface area contributed by atoms with Crippen LogP contribution >= 0.6 is 23.7 Å². The highest BCUT2D eigenvalue weighted by Gasteiger charge is 2.40. The SMILES string of the molecule is COC(=O)[C@@H](NP(=O)(OC[C@H]1O[C@@H](n2cc(/C=C/Br)c(=O)[nH]c2=O)C[C@@H]1O)Oc1cccc2ccccc12)c1ccccc1. The number of benzene rings is 3. The monoisotopic (exact) mass is 685 g/mol. The number of fused-ring (bicyclic) bond motifs is 1. The van der Waals surface area contributed by atoms with Crippen LogP contribution in [0.15, 0.2) is 93.6 Å². The molecule has 1 unspecified atom stereocenters. The molecule has 3 aromatic carbocycles. The van der Waals surface area contributed by atoms with Crippen LogP contribution < -0.4 is 20.9 Å². The van der Waals surface area contributed by atoms with Gasteiger partial charge in [-0.15, -0.1) is 0 Å². The van der Waals surface area contributed by atoms with E-state index in [4.69, 9.17) is 18.5 Å². The molecule has 0 amide bonds. The van der Waals surface area contributed by atoms with Gasteiger partial charge in [0.15, 0.2) is 0 Å². The smallest absolute Gasteiger partial charge is 0.459 e. The summed E-state index contributed by atoms with van der Waals surface area (Å²) in [7, 11) is -3.20. The Hall–Kier alpha value is -3.84. The van der Waals surface area contributed by atoms with E-state index in [0.29, 0.717) is 10.9 Å². The third-order valence-corrected chi connectivity index (χ3v) is 8.75. The second-order valence-electron chi connectivity index (χ2n) is 9.83.